The van der Waals surface area contributed by atoms with E-state index in [9.17, 15) is 18.0 Å². The molecular formula is C13H9BrF3NO2S. The molecule has 0 amide bonds. The number of carbonyl (C=O) groups excluding carboxylic acids is 1. The first kappa shape index (κ1) is 16.0. The summed E-state index contributed by atoms with van der Waals surface area (Å²) in [4.78, 5) is 15.5. The van der Waals surface area contributed by atoms with Crippen LogP contribution in [0, 0.1) is 0 Å². The van der Waals surface area contributed by atoms with Crippen molar-refractivity contribution in [2.75, 3.05) is 7.11 Å². The van der Waals surface area contributed by atoms with E-state index in [0.717, 1.165) is 12.1 Å². The van der Waals surface area contributed by atoms with Crippen LogP contribution in [0.2, 0.25) is 0 Å². The molecule has 112 valence electrons. The average Bonchev–Trinajstić information content (AvgIpc) is 2.79. The number of esters is 1. The number of thiazole rings is 1. The molecule has 3 nitrogen and oxygen atoms in total. The second-order valence-corrected chi connectivity index (χ2v) is 6.38. The van der Waals surface area contributed by atoms with Crippen LogP contribution in [0.25, 0.3) is 10.6 Å². The lowest BCUT2D eigenvalue weighted by Crippen LogP contribution is -2.05. The highest BCUT2D eigenvalue weighted by Gasteiger charge is 2.30. The molecule has 8 heteroatoms. The summed E-state index contributed by atoms with van der Waals surface area (Å²) in [6, 6.07) is 4.72. The summed E-state index contributed by atoms with van der Waals surface area (Å²) in [6.07, 6.45) is -4.35. The van der Waals surface area contributed by atoms with E-state index in [4.69, 9.17) is 0 Å². The molecule has 0 unspecified atom stereocenters. The standard InChI is InChI=1S/C13H9BrF3NO2S/c1-20-10(19)6-9-11(14)21-12(18-9)7-2-4-8(5-3-7)13(15,16)17/h2-5H,6H2,1H3. The van der Waals surface area contributed by atoms with Gasteiger partial charge in [-0.3, -0.25) is 4.79 Å². The quantitative estimate of drug-likeness (QED) is 0.746. The number of methoxy groups -OCH3 is 1. The van der Waals surface area contributed by atoms with E-state index in [2.05, 4.69) is 25.7 Å². The van der Waals surface area contributed by atoms with Gasteiger partial charge in [0.2, 0.25) is 0 Å². The Labute approximate surface area is 130 Å². The average molecular weight is 380 g/mol. The molecule has 0 radical (unpaired) electrons. The van der Waals surface area contributed by atoms with Crippen LogP contribution in [-0.2, 0) is 22.1 Å². The van der Waals surface area contributed by atoms with Crippen LogP contribution in [0.5, 0.6) is 0 Å². The Kier molecular flexibility index (Phi) is 4.67. The molecule has 1 aromatic carbocycles. The summed E-state index contributed by atoms with van der Waals surface area (Å²) in [5, 5.41) is 0.537. The van der Waals surface area contributed by atoms with Gasteiger partial charge in [0.05, 0.1) is 28.6 Å². The van der Waals surface area contributed by atoms with Gasteiger partial charge in [0, 0.05) is 5.56 Å². The van der Waals surface area contributed by atoms with Gasteiger partial charge in [-0.05, 0) is 28.1 Å². The van der Waals surface area contributed by atoms with Crippen molar-refractivity contribution in [1.29, 1.82) is 0 Å². The van der Waals surface area contributed by atoms with Gasteiger partial charge in [0.1, 0.15) is 5.01 Å². The predicted molar refractivity (Wildman–Crippen MR) is 76.0 cm³/mol. The number of benzene rings is 1. The molecule has 0 saturated heterocycles. The van der Waals surface area contributed by atoms with Crippen LogP contribution >= 0.6 is 27.3 Å². The fourth-order valence-corrected chi connectivity index (χ4v) is 3.08. The number of hydrogen-bond donors (Lipinski definition) is 0. The lowest BCUT2D eigenvalue weighted by atomic mass is 10.1. The molecule has 0 aliphatic carbocycles. The Morgan fingerprint density at radius 1 is 1.33 bits per heavy atom. The molecule has 1 heterocycles. The number of nitrogens with zero attached hydrogens (tertiary/aromatic N) is 1. The molecular weight excluding hydrogens is 371 g/mol. The second-order valence-electron chi connectivity index (χ2n) is 4.07. The van der Waals surface area contributed by atoms with Crippen molar-refractivity contribution in [1.82, 2.24) is 4.98 Å². The predicted octanol–water partition coefficient (Wildman–Crippen LogP) is 4.31. The zero-order valence-corrected chi connectivity index (χ0v) is 13.1. The van der Waals surface area contributed by atoms with Crippen molar-refractivity contribution >= 4 is 33.2 Å². The molecule has 1 aromatic heterocycles. The summed E-state index contributed by atoms with van der Waals surface area (Å²) < 4.78 is 42.7. The molecule has 2 rings (SSSR count). The van der Waals surface area contributed by atoms with Gasteiger partial charge < -0.3 is 4.74 Å². The topological polar surface area (TPSA) is 39.2 Å². The van der Waals surface area contributed by atoms with E-state index in [-0.39, 0.29) is 6.42 Å². The molecule has 0 spiro atoms. The zero-order valence-electron chi connectivity index (χ0n) is 10.7. The van der Waals surface area contributed by atoms with Gasteiger partial charge in [-0.15, -0.1) is 11.3 Å². The van der Waals surface area contributed by atoms with Crippen LogP contribution in [0.4, 0.5) is 13.2 Å². The molecule has 0 bridgehead atoms. The van der Waals surface area contributed by atoms with E-state index in [1.54, 1.807) is 0 Å². The Bertz CT molecular complexity index is 652. The number of aromatic nitrogens is 1. The van der Waals surface area contributed by atoms with Crippen LogP contribution in [0.3, 0.4) is 0 Å². The first-order chi connectivity index (χ1) is 9.81. The molecule has 0 N–H and O–H groups in total. The summed E-state index contributed by atoms with van der Waals surface area (Å²) in [5.74, 6) is -0.431. The molecule has 21 heavy (non-hydrogen) atoms. The minimum Gasteiger partial charge on any atom is -0.469 e. The Morgan fingerprint density at radius 2 is 1.95 bits per heavy atom. The largest absolute Gasteiger partial charge is 0.469 e. The van der Waals surface area contributed by atoms with Crippen LogP contribution in [0.1, 0.15) is 11.3 Å². The summed E-state index contributed by atoms with van der Waals surface area (Å²) in [6.45, 7) is 0. The van der Waals surface area contributed by atoms with E-state index < -0.39 is 17.7 Å². The molecule has 0 atom stereocenters. The summed E-state index contributed by atoms with van der Waals surface area (Å²) in [5.41, 5.74) is 0.350. The van der Waals surface area contributed by atoms with Crippen molar-refractivity contribution in [3.8, 4) is 10.6 Å². The Hall–Kier alpha value is -1.41. The first-order valence-corrected chi connectivity index (χ1v) is 7.32. The number of carbonyl (C=O) groups is 1. The molecule has 2 aromatic rings. The maximum atomic E-state index is 12.5. The van der Waals surface area contributed by atoms with E-state index in [1.807, 2.05) is 0 Å². The van der Waals surface area contributed by atoms with Crippen molar-refractivity contribution in [3.63, 3.8) is 0 Å². The normalized spacial score (nSPS) is 11.5. The van der Waals surface area contributed by atoms with Gasteiger partial charge in [-0.25, -0.2) is 4.98 Å². The van der Waals surface area contributed by atoms with Crippen LogP contribution in [0.15, 0.2) is 28.1 Å². The highest BCUT2D eigenvalue weighted by atomic mass is 79.9. The molecule has 0 saturated carbocycles. The van der Waals surface area contributed by atoms with Crippen molar-refractivity contribution in [3.05, 3.63) is 39.3 Å². The SMILES string of the molecule is COC(=O)Cc1nc(-c2ccc(C(F)(F)F)cc2)sc1Br. The third-order valence-corrected chi connectivity index (χ3v) is 4.53. The monoisotopic (exact) mass is 379 g/mol. The fourth-order valence-electron chi connectivity index (χ4n) is 1.58. The highest BCUT2D eigenvalue weighted by Crippen LogP contribution is 2.35. The van der Waals surface area contributed by atoms with Crippen LogP contribution < -0.4 is 0 Å². The number of ether oxygens (including phenoxy) is 1. The third-order valence-electron chi connectivity index (χ3n) is 2.65. The van der Waals surface area contributed by atoms with Gasteiger partial charge in [0.15, 0.2) is 0 Å². The highest BCUT2D eigenvalue weighted by molar-refractivity contribution is 9.11. The molecule has 0 aliphatic rings. The Morgan fingerprint density at radius 3 is 2.48 bits per heavy atom. The zero-order chi connectivity index (χ0) is 15.6. The molecule has 0 aliphatic heterocycles. The maximum absolute atomic E-state index is 12.5. The number of rotatable bonds is 3. The second kappa shape index (κ2) is 6.15. The maximum Gasteiger partial charge on any atom is 0.416 e. The fraction of sp³-hybridized carbons (Fsp3) is 0.231. The smallest absolute Gasteiger partial charge is 0.416 e. The summed E-state index contributed by atoms with van der Waals surface area (Å²) in [7, 11) is 1.28. The van der Waals surface area contributed by atoms with E-state index in [1.165, 1.54) is 30.6 Å². The third kappa shape index (κ3) is 3.82. The summed E-state index contributed by atoms with van der Waals surface area (Å²) >= 11 is 4.54. The minimum atomic E-state index is -4.36. The number of halogens is 4. The lowest BCUT2D eigenvalue weighted by Gasteiger charge is -2.06. The van der Waals surface area contributed by atoms with Gasteiger partial charge in [0.25, 0.3) is 0 Å². The number of hydrogen-bond acceptors (Lipinski definition) is 4. The van der Waals surface area contributed by atoms with Crippen molar-refractivity contribution in [2.45, 2.75) is 12.6 Å². The van der Waals surface area contributed by atoms with E-state index in [0.29, 0.717) is 20.1 Å². The number of alkyl halides is 3. The minimum absolute atomic E-state index is 0.00815. The molecule has 0 fully saturated rings. The van der Waals surface area contributed by atoms with E-state index >= 15 is 0 Å². The lowest BCUT2D eigenvalue weighted by molar-refractivity contribution is -0.140. The van der Waals surface area contributed by atoms with Gasteiger partial charge >= 0.3 is 12.1 Å². The first-order valence-electron chi connectivity index (χ1n) is 5.71. The van der Waals surface area contributed by atoms with Crippen LogP contribution in [-0.4, -0.2) is 18.1 Å². The van der Waals surface area contributed by atoms with Crippen molar-refractivity contribution in [2.24, 2.45) is 0 Å². The van der Waals surface area contributed by atoms with Crippen molar-refractivity contribution < 1.29 is 22.7 Å². The van der Waals surface area contributed by atoms with Gasteiger partial charge in [-0.1, -0.05) is 12.1 Å². The van der Waals surface area contributed by atoms with Gasteiger partial charge in [-0.2, -0.15) is 13.2 Å². The Balaban J connectivity index is 2.26.